The van der Waals surface area contributed by atoms with Crippen molar-refractivity contribution in [3.8, 4) is 0 Å². The maximum atomic E-state index is 2.31. The van der Waals surface area contributed by atoms with Crippen LogP contribution in [-0.2, 0) is 12.8 Å². The highest BCUT2D eigenvalue weighted by molar-refractivity contribution is 5.86. The molecule has 0 nitrogen and oxygen atoms in total. The summed E-state index contributed by atoms with van der Waals surface area (Å²) in [7, 11) is 0. The smallest absolute Gasteiger partial charge is 0.0149 e. The van der Waals surface area contributed by atoms with E-state index in [0.717, 1.165) is 6.42 Å². The molecule has 0 N–H and O–H groups in total. The van der Waals surface area contributed by atoms with Crippen LogP contribution >= 0.6 is 0 Å². The predicted octanol–water partition coefficient (Wildman–Crippen LogP) is 5.13. The molecule has 2 aromatic rings. The van der Waals surface area contributed by atoms with Gasteiger partial charge in [0.1, 0.15) is 0 Å². The minimum Gasteiger partial charge on any atom is -0.0654 e. The summed E-state index contributed by atoms with van der Waals surface area (Å²) in [6.07, 6.45) is 6.33. The Balaban J connectivity index is 2.40. The number of hydrogen-bond donors (Lipinski definition) is 0. The van der Waals surface area contributed by atoms with E-state index in [4.69, 9.17) is 0 Å². The van der Waals surface area contributed by atoms with Crippen LogP contribution in [0.5, 0.6) is 0 Å². The standard InChI is InChI=1S/C17H22/c1-3-5-6-10-16-14(4-2)12-13-15-9-7-8-11-17(15)16/h7-9,11-13H,3-6,10H2,1-2H3. The van der Waals surface area contributed by atoms with Gasteiger partial charge in [0.25, 0.3) is 0 Å². The van der Waals surface area contributed by atoms with Crippen LogP contribution in [0.4, 0.5) is 0 Å². The second-order valence-electron chi connectivity index (χ2n) is 4.74. The number of fused-ring (bicyclic) bond motifs is 1. The Kier molecular flexibility index (Phi) is 4.19. The molecule has 0 aliphatic heterocycles. The van der Waals surface area contributed by atoms with Crippen molar-refractivity contribution in [3.05, 3.63) is 47.5 Å². The Morgan fingerprint density at radius 2 is 1.71 bits per heavy atom. The third kappa shape index (κ3) is 2.69. The zero-order chi connectivity index (χ0) is 12.1. The van der Waals surface area contributed by atoms with Crippen molar-refractivity contribution in [2.45, 2.75) is 46.0 Å². The average molecular weight is 226 g/mol. The van der Waals surface area contributed by atoms with Crippen LogP contribution < -0.4 is 0 Å². The molecule has 0 bridgehead atoms. The molecule has 2 aromatic carbocycles. The number of hydrogen-bond acceptors (Lipinski definition) is 0. The monoisotopic (exact) mass is 226 g/mol. The van der Waals surface area contributed by atoms with E-state index in [1.165, 1.54) is 42.0 Å². The summed E-state index contributed by atoms with van der Waals surface area (Å²) in [5.74, 6) is 0. The summed E-state index contributed by atoms with van der Waals surface area (Å²) >= 11 is 0. The molecule has 0 aromatic heterocycles. The highest BCUT2D eigenvalue weighted by atomic mass is 14.1. The second kappa shape index (κ2) is 5.86. The lowest BCUT2D eigenvalue weighted by atomic mass is 9.93. The number of rotatable bonds is 5. The van der Waals surface area contributed by atoms with Gasteiger partial charge in [-0.3, -0.25) is 0 Å². The Morgan fingerprint density at radius 3 is 2.47 bits per heavy atom. The van der Waals surface area contributed by atoms with Crippen LogP contribution in [0.3, 0.4) is 0 Å². The van der Waals surface area contributed by atoms with E-state index in [1.54, 1.807) is 5.56 Å². The first-order valence-electron chi connectivity index (χ1n) is 6.86. The van der Waals surface area contributed by atoms with Gasteiger partial charge in [0.05, 0.1) is 0 Å². The van der Waals surface area contributed by atoms with Crippen molar-refractivity contribution >= 4 is 10.8 Å². The SMILES string of the molecule is CCCCCc1c(CC)ccc2ccccc12. The zero-order valence-corrected chi connectivity index (χ0v) is 11.0. The van der Waals surface area contributed by atoms with Gasteiger partial charge in [-0.25, -0.2) is 0 Å². The van der Waals surface area contributed by atoms with Gasteiger partial charge in [-0.2, -0.15) is 0 Å². The maximum absolute atomic E-state index is 2.31. The van der Waals surface area contributed by atoms with Gasteiger partial charge in [0.15, 0.2) is 0 Å². The average Bonchev–Trinajstić information content (AvgIpc) is 2.39. The van der Waals surface area contributed by atoms with E-state index in [-0.39, 0.29) is 0 Å². The van der Waals surface area contributed by atoms with Gasteiger partial charge < -0.3 is 0 Å². The van der Waals surface area contributed by atoms with Gasteiger partial charge in [-0.15, -0.1) is 0 Å². The fourth-order valence-corrected chi connectivity index (χ4v) is 2.56. The van der Waals surface area contributed by atoms with E-state index in [0.29, 0.717) is 0 Å². The fourth-order valence-electron chi connectivity index (χ4n) is 2.56. The molecule has 0 aliphatic carbocycles. The van der Waals surface area contributed by atoms with Crippen LogP contribution in [0.2, 0.25) is 0 Å². The highest BCUT2D eigenvalue weighted by Crippen LogP contribution is 2.24. The molecular weight excluding hydrogens is 204 g/mol. The molecule has 90 valence electrons. The first-order valence-corrected chi connectivity index (χ1v) is 6.86. The van der Waals surface area contributed by atoms with Crippen LogP contribution in [0.15, 0.2) is 36.4 Å². The zero-order valence-electron chi connectivity index (χ0n) is 11.0. The first-order chi connectivity index (χ1) is 8.36. The predicted molar refractivity (Wildman–Crippen MR) is 76.6 cm³/mol. The topological polar surface area (TPSA) is 0 Å². The third-order valence-corrected chi connectivity index (χ3v) is 3.55. The molecule has 0 spiro atoms. The van der Waals surface area contributed by atoms with E-state index >= 15 is 0 Å². The molecule has 0 unspecified atom stereocenters. The largest absolute Gasteiger partial charge is 0.0654 e. The van der Waals surface area contributed by atoms with E-state index in [9.17, 15) is 0 Å². The van der Waals surface area contributed by atoms with Gasteiger partial charge in [-0.05, 0) is 41.2 Å². The molecule has 0 amide bonds. The summed E-state index contributed by atoms with van der Waals surface area (Å²) < 4.78 is 0. The normalized spacial score (nSPS) is 10.9. The summed E-state index contributed by atoms with van der Waals surface area (Å²) in [5, 5.41) is 2.85. The summed E-state index contributed by atoms with van der Waals surface area (Å²) in [4.78, 5) is 0. The van der Waals surface area contributed by atoms with Gasteiger partial charge >= 0.3 is 0 Å². The Hall–Kier alpha value is -1.30. The number of unbranched alkanes of at least 4 members (excludes halogenated alkanes) is 2. The molecule has 2 rings (SSSR count). The van der Waals surface area contributed by atoms with Crippen LogP contribution in [0.1, 0.15) is 44.2 Å². The minimum absolute atomic E-state index is 1.15. The molecule has 0 saturated heterocycles. The van der Waals surface area contributed by atoms with Crippen LogP contribution in [0.25, 0.3) is 10.8 Å². The van der Waals surface area contributed by atoms with E-state index < -0.39 is 0 Å². The molecule has 0 saturated carbocycles. The van der Waals surface area contributed by atoms with Crippen molar-refractivity contribution in [1.29, 1.82) is 0 Å². The summed E-state index contributed by atoms with van der Waals surface area (Å²) in [5.41, 5.74) is 3.11. The third-order valence-electron chi connectivity index (χ3n) is 3.55. The van der Waals surface area contributed by atoms with Gasteiger partial charge in [-0.1, -0.05) is 63.1 Å². The Morgan fingerprint density at radius 1 is 0.882 bits per heavy atom. The van der Waals surface area contributed by atoms with Crippen molar-refractivity contribution in [3.63, 3.8) is 0 Å². The van der Waals surface area contributed by atoms with Gasteiger partial charge in [0.2, 0.25) is 0 Å². The van der Waals surface area contributed by atoms with Crippen LogP contribution in [-0.4, -0.2) is 0 Å². The Bertz CT molecular complexity index is 482. The van der Waals surface area contributed by atoms with Crippen molar-refractivity contribution in [2.24, 2.45) is 0 Å². The van der Waals surface area contributed by atoms with E-state index in [2.05, 4.69) is 50.2 Å². The molecular formula is C17H22. The lowest BCUT2D eigenvalue weighted by Crippen LogP contribution is -1.95. The quantitative estimate of drug-likeness (QED) is 0.620. The lowest BCUT2D eigenvalue weighted by Gasteiger charge is -2.11. The lowest BCUT2D eigenvalue weighted by molar-refractivity contribution is 0.716. The van der Waals surface area contributed by atoms with Gasteiger partial charge in [0, 0.05) is 0 Å². The van der Waals surface area contributed by atoms with E-state index in [1.807, 2.05) is 0 Å². The Labute approximate surface area is 105 Å². The molecule has 0 aliphatic rings. The molecule has 0 heteroatoms. The maximum Gasteiger partial charge on any atom is -0.0149 e. The number of benzene rings is 2. The molecule has 17 heavy (non-hydrogen) atoms. The first kappa shape index (κ1) is 12.2. The van der Waals surface area contributed by atoms with Crippen molar-refractivity contribution in [2.75, 3.05) is 0 Å². The second-order valence-corrected chi connectivity index (χ2v) is 4.74. The summed E-state index contributed by atoms with van der Waals surface area (Å²) in [6.45, 7) is 4.53. The minimum atomic E-state index is 1.15. The molecule has 0 heterocycles. The molecule has 0 atom stereocenters. The van der Waals surface area contributed by atoms with Crippen molar-refractivity contribution in [1.82, 2.24) is 0 Å². The molecule has 0 fully saturated rings. The van der Waals surface area contributed by atoms with Crippen LogP contribution in [0, 0.1) is 0 Å². The van der Waals surface area contributed by atoms with Crippen molar-refractivity contribution < 1.29 is 0 Å². The molecule has 0 radical (unpaired) electrons. The highest BCUT2D eigenvalue weighted by Gasteiger charge is 2.05. The number of aryl methyl sites for hydroxylation is 2. The fraction of sp³-hybridized carbons (Fsp3) is 0.412. The summed E-state index contributed by atoms with van der Waals surface area (Å²) in [6, 6.07) is 13.4.